The number of thiophene rings is 1. The summed E-state index contributed by atoms with van der Waals surface area (Å²) >= 11 is 5.17. The molecule has 1 amide bonds. The van der Waals surface area contributed by atoms with E-state index in [0.29, 0.717) is 5.75 Å². The summed E-state index contributed by atoms with van der Waals surface area (Å²) in [6.07, 6.45) is 0. The van der Waals surface area contributed by atoms with E-state index in [1.807, 2.05) is 24.3 Å². The molecule has 0 aliphatic carbocycles. The van der Waals surface area contributed by atoms with Crippen molar-refractivity contribution >= 4 is 38.9 Å². The number of halogens is 1. The highest BCUT2D eigenvalue weighted by molar-refractivity contribution is 9.10. The van der Waals surface area contributed by atoms with Crippen LogP contribution in [0.5, 0.6) is 5.75 Å². The molecule has 2 aromatic rings. The number of anilines is 1. The van der Waals surface area contributed by atoms with Gasteiger partial charge in [-0.15, -0.1) is 11.3 Å². The van der Waals surface area contributed by atoms with E-state index in [4.69, 9.17) is 4.74 Å². The zero-order valence-corrected chi connectivity index (χ0v) is 14.3. The molecule has 1 aromatic carbocycles. The third-order valence-electron chi connectivity index (χ3n) is 2.88. The first-order valence-electron chi connectivity index (χ1n) is 6.52. The Morgan fingerprint density at radius 1 is 1.43 bits per heavy atom. The van der Waals surface area contributed by atoms with Crippen LogP contribution < -0.4 is 15.4 Å². The SMILES string of the molecule is CNC(=O)COc1cccc(NC(C)c2cc(Br)cs2)c1. The summed E-state index contributed by atoms with van der Waals surface area (Å²) in [6.45, 7) is 2.13. The molecule has 1 atom stereocenters. The molecule has 0 fully saturated rings. The molecule has 0 bridgehead atoms. The summed E-state index contributed by atoms with van der Waals surface area (Å²) in [5, 5.41) is 8.01. The predicted octanol–water partition coefficient (Wildman–Crippen LogP) is 3.81. The van der Waals surface area contributed by atoms with Crippen LogP contribution in [-0.2, 0) is 4.79 Å². The molecule has 0 spiro atoms. The highest BCUT2D eigenvalue weighted by Crippen LogP contribution is 2.28. The minimum Gasteiger partial charge on any atom is -0.484 e. The third-order valence-corrected chi connectivity index (χ3v) is 4.76. The van der Waals surface area contributed by atoms with Gasteiger partial charge >= 0.3 is 0 Å². The summed E-state index contributed by atoms with van der Waals surface area (Å²) in [5.41, 5.74) is 0.960. The summed E-state index contributed by atoms with van der Waals surface area (Å²) in [7, 11) is 1.59. The van der Waals surface area contributed by atoms with Gasteiger partial charge in [-0.1, -0.05) is 6.07 Å². The average molecular weight is 369 g/mol. The first kappa shape index (κ1) is 15.9. The molecule has 112 valence electrons. The number of amides is 1. The van der Waals surface area contributed by atoms with Crippen molar-refractivity contribution in [1.29, 1.82) is 0 Å². The van der Waals surface area contributed by atoms with Gasteiger partial charge in [0.05, 0.1) is 6.04 Å². The summed E-state index contributed by atoms with van der Waals surface area (Å²) in [4.78, 5) is 12.4. The van der Waals surface area contributed by atoms with Crippen LogP contribution in [-0.4, -0.2) is 19.6 Å². The van der Waals surface area contributed by atoms with Crippen LogP contribution in [0.4, 0.5) is 5.69 Å². The Kier molecular flexibility index (Phi) is 5.64. The Hall–Kier alpha value is -1.53. The van der Waals surface area contributed by atoms with Crippen LogP contribution in [0.1, 0.15) is 17.8 Å². The van der Waals surface area contributed by atoms with Gasteiger partial charge in [0.25, 0.3) is 5.91 Å². The topological polar surface area (TPSA) is 50.4 Å². The van der Waals surface area contributed by atoms with Gasteiger partial charge in [0.2, 0.25) is 0 Å². The van der Waals surface area contributed by atoms with Gasteiger partial charge in [0.15, 0.2) is 6.61 Å². The second-order valence-electron chi connectivity index (χ2n) is 4.52. The van der Waals surface area contributed by atoms with E-state index in [1.54, 1.807) is 18.4 Å². The highest BCUT2D eigenvalue weighted by atomic mass is 79.9. The average Bonchev–Trinajstić information content (AvgIpc) is 2.92. The van der Waals surface area contributed by atoms with E-state index < -0.39 is 0 Å². The Bertz CT molecular complexity index is 615. The van der Waals surface area contributed by atoms with Crippen LogP contribution in [0.15, 0.2) is 40.2 Å². The summed E-state index contributed by atoms with van der Waals surface area (Å²) < 4.78 is 6.53. The van der Waals surface area contributed by atoms with Gasteiger partial charge in [-0.3, -0.25) is 4.79 Å². The van der Waals surface area contributed by atoms with Crippen molar-refractivity contribution in [1.82, 2.24) is 5.32 Å². The fraction of sp³-hybridized carbons (Fsp3) is 0.267. The van der Waals surface area contributed by atoms with Crippen LogP contribution in [0.2, 0.25) is 0 Å². The Morgan fingerprint density at radius 2 is 2.24 bits per heavy atom. The van der Waals surface area contributed by atoms with E-state index in [2.05, 4.69) is 44.9 Å². The fourth-order valence-corrected chi connectivity index (χ4v) is 3.23. The predicted molar refractivity (Wildman–Crippen MR) is 90.1 cm³/mol. The van der Waals surface area contributed by atoms with E-state index in [-0.39, 0.29) is 18.6 Å². The molecule has 6 heteroatoms. The van der Waals surface area contributed by atoms with Crippen molar-refractivity contribution < 1.29 is 9.53 Å². The molecule has 0 saturated carbocycles. The molecule has 0 aliphatic heterocycles. The summed E-state index contributed by atoms with van der Waals surface area (Å²) in [5.74, 6) is 0.522. The number of rotatable bonds is 6. The molecule has 2 N–H and O–H groups in total. The Labute approximate surface area is 136 Å². The minimum atomic E-state index is -0.148. The molecular weight excluding hydrogens is 352 g/mol. The monoisotopic (exact) mass is 368 g/mol. The lowest BCUT2D eigenvalue weighted by molar-refractivity contribution is -0.122. The maximum atomic E-state index is 11.2. The molecular formula is C15H17BrN2O2S. The van der Waals surface area contributed by atoms with Crippen molar-refractivity contribution in [2.45, 2.75) is 13.0 Å². The normalized spacial score (nSPS) is 11.8. The molecule has 1 unspecified atom stereocenters. The van der Waals surface area contributed by atoms with E-state index in [9.17, 15) is 4.79 Å². The van der Waals surface area contributed by atoms with Crippen molar-refractivity contribution in [2.75, 3.05) is 19.0 Å². The lowest BCUT2D eigenvalue weighted by Crippen LogP contribution is -2.24. The molecule has 21 heavy (non-hydrogen) atoms. The number of benzene rings is 1. The van der Waals surface area contributed by atoms with Gasteiger partial charge in [0.1, 0.15) is 5.75 Å². The lowest BCUT2D eigenvalue weighted by atomic mass is 10.2. The van der Waals surface area contributed by atoms with Crippen molar-refractivity contribution in [2.24, 2.45) is 0 Å². The Balaban J connectivity index is 1.98. The number of ether oxygens (including phenoxy) is 1. The Morgan fingerprint density at radius 3 is 2.90 bits per heavy atom. The van der Waals surface area contributed by atoms with Gasteiger partial charge < -0.3 is 15.4 Å². The molecule has 1 aromatic heterocycles. The molecule has 0 saturated heterocycles. The van der Waals surface area contributed by atoms with Crippen LogP contribution in [0.3, 0.4) is 0 Å². The first-order chi connectivity index (χ1) is 10.1. The second-order valence-corrected chi connectivity index (χ2v) is 6.38. The zero-order valence-electron chi connectivity index (χ0n) is 11.9. The quantitative estimate of drug-likeness (QED) is 0.814. The van der Waals surface area contributed by atoms with Gasteiger partial charge in [-0.2, -0.15) is 0 Å². The number of nitrogens with one attached hydrogen (secondary N) is 2. The highest BCUT2D eigenvalue weighted by Gasteiger charge is 2.08. The van der Waals surface area contributed by atoms with Crippen molar-refractivity contribution in [3.05, 3.63) is 45.1 Å². The molecule has 0 aliphatic rings. The number of hydrogen-bond acceptors (Lipinski definition) is 4. The largest absolute Gasteiger partial charge is 0.484 e. The number of carbonyl (C=O) groups excluding carboxylic acids is 1. The van der Waals surface area contributed by atoms with Gasteiger partial charge in [-0.05, 0) is 41.1 Å². The maximum absolute atomic E-state index is 11.2. The van der Waals surface area contributed by atoms with Crippen molar-refractivity contribution in [3.63, 3.8) is 0 Å². The van der Waals surface area contributed by atoms with Crippen molar-refractivity contribution in [3.8, 4) is 5.75 Å². The fourth-order valence-electron chi connectivity index (χ4n) is 1.77. The standard InChI is InChI=1S/C15H17BrN2O2S/c1-10(14-6-11(16)9-21-14)18-12-4-3-5-13(7-12)20-8-15(19)17-2/h3-7,9-10,18H,8H2,1-2H3,(H,17,19). The second kappa shape index (κ2) is 7.47. The third kappa shape index (κ3) is 4.75. The lowest BCUT2D eigenvalue weighted by Gasteiger charge is -2.14. The van der Waals surface area contributed by atoms with Crippen LogP contribution >= 0.6 is 27.3 Å². The first-order valence-corrected chi connectivity index (χ1v) is 8.19. The minimum absolute atomic E-state index is 0.0212. The number of hydrogen-bond donors (Lipinski definition) is 2. The number of likely N-dealkylation sites (N-methyl/N-ethyl adjacent to an activating group) is 1. The molecule has 4 nitrogen and oxygen atoms in total. The van der Waals surface area contributed by atoms with E-state index >= 15 is 0 Å². The molecule has 2 rings (SSSR count). The van der Waals surface area contributed by atoms with Gasteiger partial charge in [0, 0.05) is 33.5 Å². The van der Waals surface area contributed by atoms with Crippen LogP contribution in [0, 0.1) is 0 Å². The molecule has 1 heterocycles. The smallest absolute Gasteiger partial charge is 0.257 e. The van der Waals surface area contributed by atoms with Crippen LogP contribution in [0.25, 0.3) is 0 Å². The maximum Gasteiger partial charge on any atom is 0.257 e. The number of carbonyl (C=O) groups is 1. The van der Waals surface area contributed by atoms with Gasteiger partial charge in [-0.25, -0.2) is 0 Å². The molecule has 0 radical (unpaired) electrons. The van der Waals surface area contributed by atoms with E-state index in [0.717, 1.165) is 10.2 Å². The summed E-state index contributed by atoms with van der Waals surface area (Å²) in [6, 6.07) is 9.91. The van der Waals surface area contributed by atoms with E-state index in [1.165, 1.54) is 4.88 Å². The zero-order chi connectivity index (χ0) is 15.2.